The number of rotatable bonds is 8. The first-order valence-corrected chi connectivity index (χ1v) is 15.0. The number of aromatic nitrogens is 2. The Morgan fingerprint density at radius 3 is 1.93 bits per heavy atom. The molecule has 0 aliphatic carbocycles. The van der Waals surface area contributed by atoms with Crippen LogP contribution in [-0.2, 0) is 0 Å². The third-order valence-electron chi connectivity index (χ3n) is 9.16. The lowest BCUT2D eigenvalue weighted by Crippen LogP contribution is -2.61. The molecule has 0 fully saturated rings. The number of carbonyl (C=O) groups excluding carboxylic acids is 4. The molecule has 1 N–H and O–H groups in total. The highest BCUT2D eigenvalue weighted by Crippen LogP contribution is 2.35. The minimum absolute atomic E-state index is 0.365. The molecular weight excluding hydrogens is 568 g/mol. The Labute approximate surface area is 259 Å². The van der Waals surface area contributed by atoms with Gasteiger partial charge in [0.25, 0.3) is 23.6 Å². The fourth-order valence-electron chi connectivity index (χ4n) is 6.79. The molecule has 0 bridgehead atoms. The number of nitrogens with one attached hydrogen (secondary N) is 1. The van der Waals surface area contributed by atoms with Gasteiger partial charge in [-0.25, -0.2) is 4.98 Å². The van der Waals surface area contributed by atoms with Gasteiger partial charge in [0.15, 0.2) is 0 Å². The number of hydrogen-bond donors (Lipinski definition) is 1. The van der Waals surface area contributed by atoms with Crippen LogP contribution < -0.4 is 5.32 Å². The van der Waals surface area contributed by atoms with Crippen LogP contribution in [-0.4, -0.2) is 73.4 Å². The highest BCUT2D eigenvalue weighted by molar-refractivity contribution is 6.27. The fourth-order valence-corrected chi connectivity index (χ4v) is 6.79. The molecule has 4 aromatic carbocycles. The van der Waals surface area contributed by atoms with Crippen LogP contribution in [0, 0.1) is 0 Å². The van der Waals surface area contributed by atoms with Crippen LogP contribution in [0.4, 0.5) is 0 Å². The van der Waals surface area contributed by atoms with Crippen LogP contribution in [0.1, 0.15) is 68.6 Å². The fraction of sp³-hybridized carbons (Fsp3) is 0.229. The molecule has 5 aromatic rings. The second-order valence-corrected chi connectivity index (χ2v) is 11.6. The molecule has 10 nitrogen and oxygen atoms in total. The molecule has 0 spiro atoms. The molecule has 3 heterocycles. The maximum Gasteiger partial charge on any atom is 0.262 e. The summed E-state index contributed by atoms with van der Waals surface area (Å²) in [4.78, 5) is 63.8. The van der Waals surface area contributed by atoms with Gasteiger partial charge >= 0.3 is 0 Å². The van der Waals surface area contributed by atoms with Crippen molar-refractivity contribution in [3.63, 3.8) is 0 Å². The number of amides is 4. The predicted octanol–water partition coefficient (Wildman–Crippen LogP) is 5.02. The summed E-state index contributed by atoms with van der Waals surface area (Å²) in [6.45, 7) is 5.55. The molecule has 2 aliphatic heterocycles. The molecule has 1 aromatic heterocycles. The predicted molar refractivity (Wildman–Crippen MR) is 170 cm³/mol. The maximum absolute atomic E-state index is 14.0. The van der Waals surface area contributed by atoms with Crippen LogP contribution in [0.5, 0.6) is 0 Å². The smallest absolute Gasteiger partial charge is 0.262 e. The van der Waals surface area contributed by atoms with E-state index in [0.717, 1.165) is 16.5 Å². The van der Waals surface area contributed by atoms with Crippen molar-refractivity contribution in [2.75, 3.05) is 7.05 Å². The molecule has 226 valence electrons. The monoisotopic (exact) mass is 600 g/mol. The molecule has 0 radical (unpaired) electrons. The van der Waals surface area contributed by atoms with E-state index >= 15 is 0 Å². The summed E-state index contributed by atoms with van der Waals surface area (Å²) in [5.74, 6) is -1.49. The Hall–Kier alpha value is -5.19. The minimum atomic E-state index is -0.669. The second kappa shape index (κ2) is 10.8. The van der Waals surface area contributed by atoms with Gasteiger partial charge in [0.2, 0.25) is 0 Å². The van der Waals surface area contributed by atoms with E-state index < -0.39 is 12.3 Å². The van der Waals surface area contributed by atoms with Crippen LogP contribution in [0.25, 0.3) is 27.2 Å². The van der Waals surface area contributed by atoms with E-state index in [4.69, 9.17) is 0 Å². The number of nitrogens with zero attached hydrogens (tertiary/aromatic N) is 5. The van der Waals surface area contributed by atoms with Gasteiger partial charge < -0.3 is 4.57 Å². The SMILES string of the molecule is CCC(NC(C)N1C(=O)c2cccc3cccc(c23)C1=O)N(C)C(C)N1C(=O)c2cccc3c(-n4ccnc4)ccc(c23)C1=O. The Morgan fingerprint density at radius 1 is 0.756 bits per heavy atom. The van der Waals surface area contributed by atoms with Gasteiger partial charge in [0.1, 0.15) is 0 Å². The van der Waals surface area contributed by atoms with Crippen molar-refractivity contribution in [1.29, 1.82) is 0 Å². The molecular formula is C35H32N6O4. The number of imidazole rings is 1. The van der Waals surface area contributed by atoms with Crippen molar-refractivity contribution < 1.29 is 19.2 Å². The lowest BCUT2D eigenvalue weighted by atomic mass is 9.92. The second-order valence-electron chi connectivity index (χ2n) is 11.6. The largest absolute Gasteiger partial charge is 0.306 e. The Morgan fingerprint density at radius 2 is 1.33 bits per heavy atom. The van der Waals surface area contributed by atoms with Crippen LogP contribution >= 0.6 is 0 Å². The zero-order valence-corrected chi connectivity index (χ0v) is 25.4. The maximum atomic E-state index is 14.0. The first-order valence-electron chi connectivity index (χ1n) is 15.0. The zero-order chi connectivity index (χ0) is 31.6. The lowest BCUT2D eigenvalue weighted by molar-refractivity contribution is 0.0153. The molecule has 4 amide bonds. The summed E-state index contributed by atoms with van der Waals surface area (Å²) in [6.07, 6.45) is 4.06. The lowest BCUT2D eigenvalue weighted by Gasteiger charge is -2.42. The Bertz CT molecular complexity index is 1960. The van der Waals surface area contributed by atoms with Crippen molar-refractivity contribution in [2.45, 2.75) is 45.7 Å². The third kappa shape index (κ3) is 4.28. The standard InChI is InChI=1S/C35H32N6O4/c1-5-29(37-20(2)40-32(42)24-12-6-9-22-10-7-13-25(30(22)24)33(40)43)38(4)21(3)41-34(44)26-14-8-11-23-28(39-18-17-36-19-39)16-15-27(31(23)26)35(41)45/h6-21,29,37H,5H2,1-4H3. The third-order valence-corrected chi connectivity index (χ3v) is 9.16. The van der Waals surface area contributed by atoms with E-state index in [1.165, 1.54) is 9.80 Å². The number of carbonyl (C=O) groups is 4. The average molecular weight is 601 g/mol. The van der Waals surface area contributed by atoms with E-state index in [9.17, 15) is 19.2 Å². The zero-order valence-electron chi connectivity index (χ0n) is 25.4. The molecule has 3 atom stereocenters. The van der Waals surface area contributed by atoms with E-state index in [2.05, 4.69) is 10.3 Å². The minimum Gasteiger partial charge on any atom is -0.306 e. The summed E-state index contributed by atoms with van der Waals surface area (Å²) < 4.78 is 1.86. The summed E-state index contributed by atoms with van der Waals surface area (Å²) in [5.41, 5.74) is 2.71. The summed E-state index contributed by atoms with van der Waals surface area (Å²) in [5, 5.41) is 6.36. The van der Waals surface area contributed by atoms with Crippen molar-refractivity contribution in [3.05, 3.63) is 108 Å². The molecule has 7 rings (SSSR count). The number of imide groups is 2. The Balaban J connectivity index is 1.16. The van der Waals surface area contributed by atoms with E-state index in [0.29, 0.717) is 39.4 Å². The van der Waals surface area contributed by atoms with Gasteiger partial charge in [-0.1, -0.05) is 43.3 Å². The van der Waals surface area contributed by atoms with Gasteiger partial charge in [0.05, 0.1) is 30.5 Å². The van der Waals surface area contributed by atoms with Gasteiger partial charge in [-0.15, -0.1) is 0 Å². The molecule has 10 heteroatoms. The van der Waals surface area contributed by atoms with Crippen LogP contribution in [0.2, 0.25) is 0 Å². The number of benzene rings is 4. The molecule has 0 saturated carbocycles. The van der Waals surface area contributed by atoms with Crippen molar-refractivity contribution in [1.82, 2.24) is 29.6 Å². The normalized spacial score (nSPS) is 16.6. The van der Waals surface area contributed by atoms with Gasteiger partial charge in [-0.3, -0.25) is 39.2 Å². The van der Waals surface area contributed by atoms with Crippen molar-refractivity contribution in [3.8, 4) is 5.69 Å². The van der Waals surface area contributed by atoms with Crippen molar-refractivity contribution >= 4 is 45.2 Å². The van der Waals surface area contributed by atoms with E-state index in [1.54, 1.807) is 43.7 Å². The first-order chi connectivity index (χ1) is 21.7. The van der Waals surface area contributed by atoms with Gasteiger partial charge in [-0.05, 0) is 63.0 Å². The quantitative estimate of drug-likeness (QED) is 0.197. The first kappa shape index (κ1) is 28.6. The average Bonchev–Trinajstić information content (AvgIpc) is 3.59. The summed E-state index contributed by atoms with van der Waals surface area (Å²) >= 11 is 0. The molecule has 3 unspecified atom stereocenters. The van der Waals surface area contributed by atoms with Gasteiger partial charge in [-0.2, -0.15) is 0 Å². The molecule has 2 aliphatic rings. The number of hydrogen-bond acceptors (Lipinski definition) is 7. The highest BCUT2D eigenvalue weighted by atomic mass is 16.2. The van der Waals surface area contributed by atoms with Crippen molar-refractivity contribution in [2.24, 2.45) is 0 Å². The topological polar surface area (TPSA) is 108 Å². The Kier molecular flexibility index (Phi) is 6.83. The van der Waals surface area contributed by atoms with Crippen LogP contribution in [0.3, 0.4) is 0 Å². The van der Waals surface area contributed by atoms with Crippen LogP contribution in [0.15, 0.2) is 85.5 Å². The molecule has 0 saturated heterocycles. The van der Waals surface area contributed by atoms with Gasteiger partial charge in [0, 0.05) is 50.8 Å². The summed E-state index contributed by atoms with van der Waals surface area (Å²) in [6, 6.07) is 20.0. The molecule has 45 heavy (non-hydrogen) atoms. The highest BCUT2D eigenvalue weighted by Gasteiger charge is 2.40. The summed E-state index contributed by atoms with van der Waals surface area (Å²) in [7, 11) is 1.83. The van der Waals surface area contributed by atoms with E-state index in [1.807, 2.05) is 79.0 Å². The van der Waals surface area contributed by atoms with E-state index in [-0.39, 0.29) is 29.8 Å².